The molecule has 0 aromatic heterocycles. The number of aliphatic hydroxyl groups is 1. The third kappa shape index (κ3) is 4.12. The van der Waals surface area contributed by atoms with E-state index in [2.05, 4.69) is 5.32 Å². The van der Waals surface area contributed by atoms with Crippen LogP contribution in [0.25, 0.3) is 0 Å². The average molecular weight is 355 g/mol. The Morgan fingerprint density at radius 1 is 1.08 bits per heavy atom. The van der Waals surface area contributed by atoms with Crippen LogP contribution in [0.4, 0.5) is 0 Å². The van der Waals surface area contributed by atoms with Crippen molar-refractivity contribution in [3.05, 3.63) is 71.8 Å². The van der Waals surface area contributed by atoms with E-state index in [4.69, 9.17) is 9.47 Å². The van der Waals surface area contributed by atoms with Crippen molar-refractivity contribution in [2.45, 2.75) is 18.7 Å². The molecule has 0 bridgehead atoms. The van der Waals surface area contributed by atoms with Crippen molar-refractivity contribution >= 4 is 5.97 Å². The van der Waals surface area contributed by atoms with Crippen molar-refractivity contribution in [2.75, 3.05) is 20.3 Å². The Morgan fingerprint density at radius 2 is 1.73 bits per heavy atom. The fraction of sp³-hybridized carbons (Fsp3) is 0.381. The van der Waals surface area contributed by atoms with Gasteiger partial charge in [0.05, 0.1) is 32.8 Å². The number of hydrogen-bond acceptors (Lipinski definition) is 5. The van der Waals surface area contributed by atoms with E-state index in [0.29, 0.717) is 13.2 Å². The van der Waals surface area contributed by atoms with E-state index in [9.17, 15) is 9.90 Å². The van der Waals surface area contributed by atoms with Crippen LogP contribution in [0.15, 0.2) is 60.7 Å². The van der Waals surface area contributed by atoms with Gasteiger partial charge < -0.3 is 19.9 Å². The Morgan fingerprint density at radius 3 is 2.35 bits per heavy atom. The second-order valence-electron chi connectivity index (χ2n) is 6.56. The first-order valence-corrected chi connectivity index (χ1v) is 8.86. The van der Waals surface area contributed by atoms with Crippen LogP contribution in [-0.2, 0) is 20.9 Å². The number of aliphatic hydroxyl groups excluding tert-OH is 1. The van der Waals surface area contributed by atoms with E-state index >= 15 is 0 Å². The van der Waals surface area contributed by atoms with E-state index < -0.39 is 5.92 Å². The summed E-state index contributed by atoms with van der Waals surface area (Å²) >= 11 is 0. The van der Waals surface area contributed by atoms with Gasteiger partial charge in [0.25, 0.3) is 0 Å². The first-order valence-electron chi connectivity index (χ1n) is 8.86. The van der Waals surface area contributed by atoms with E-state index in [1.54, 1.807) is 0 Å². The summed E-state index contributed by atoms with van der Waals surface area (Å²) in [5.41, 5.74) is 2.08. The number of rotatable bonds is 7. The van der Waals surface area contributed by atoms with E-state index in [0.717, 1.165) is 11.1 Å². The van der Waals surface area contributed by atoms with Crippen LogP contribution >= 0.6 is 0 Å². The molecule has 5 nitrogen and oxygen atoms in total. The highest BCUT2D eigenvalue weighted by Gasteiger charge is 2.47. The average Bonchev–Trinajstić information content (AvgIpc) is 3.07. The fourth-order valence-corrected chi connectivity index (χ4v) is 3.66. The van der Waals surface area contributed by atoms with Crippen LogP contribution in [0.2, 0.25) is 0 Å². The highest BCUT2D eigenvalue weighted by atomic mass is 16.5. The molecule has 1 aliphatic rings. The van der Waals surface area contributed by atoms with Gasteiger partial charge in [-0.25, -0.2) is 0 Å². The Labute approximate surface area is 153 Å². The molecule has 0 unspecified atom stereocenters. The third-order valence-corrected chi connectivity index (χ3v) is 4.98. The van der Waals surface area contributed by atoms with Gasteiger partial charge in [0.2, 0.25) is 0 Å². The molecule has 0 radical (unpaired) electrons. The summed E-state index contributed by atoms with van der Waals surface area (Å²) < 4.78 is 10.9. The number of ether oxygens (including phenoxy) is 2. The molecule has 1 fully saturated rings. The summed E-state index contributed by atoms with van der Waals surface area (Å²) in [5, 5.41) is 13.2. The number of carbonyl (C=O) groups is 1. The first-order chi connectivity index (χ1) is 12.7. The number of nitrogens with one attached hydrogen (secondary N) is 1. The molecular weight excluding hydrogens is 330 g/mol. The lowest BCUT2D eigenvalue weighted by atomic mass is 9.85. The minimum atomic E-state index is -0.407. The Bertz CT molecular complexity index is 692. The molecule has 4 atom stereocenters. The van der Waals surface area contributed by atoms with Crippen LogP contribution < -0.4 is 5.32 Å². The highest BCUT2D eigenvalue weighted by Crippen LogP contribution is 2.38. The van der Waals surface area contributed by atoms with Gasteiger partial charge in [0.15, 0.2) is 0 Å². The largest absolute Gasteiger partial charge is 0.469 e. The summed E-state index contributed by atoms with van der Waals surface area (Å²) in [6, 6.07) is 19.3. The molecule has 26 heavy (non-hydrogen) atoms. The normalized spacial score (nSPS) is 25.2. The standard InChI is InChI=1S/C21H25NO4/c1-25-21(24)19-17(14-26-13-15-8-4-2-5-9-15)18(12-23)22-20(19)16-10-6-3-7-11-16/h2-11,17-20,22-23H,12-14H2,1H3/t17-,18-,19-,20+/m1/s1. The molecular formula is C21H25NO4. The van der Waals surface area contributed by atoms with Gasteiger partial charge in [-0.2, -0.15) is 0 Å². The molecule has 0 saturated carbocycles. The molecule has 0 spiro atoms. The number of hydrogen-bond donors (Lipinski definition) is 2. The lowest BCUT2D eigenvalue weighted by Crippen LogP contribution is -2.35. The Hall–Kier alpha value is -2.21. The zero-order valence-corrected chi connectivity index (χ0v) is 14.9. The fourth-order valence-electron chi connectivity index (χ4n) is 3.66. The Balaban J connectivity index is 1.75. The number of esters is 1. The minimum absolute atomic E-state index is 0.0593. The maximum Gasteiger partial charge on any atom is 0.311 e. The lowest BCUT2D eigenvalue weighted by Gasteiger charge is -2.23. The molecule has 5 heteroatoms. The van der Waals surface area contributed by atoms with Gasteiger partial charge >= 0.3 is 5.97 Å². The van der Waals surface area contributed by atoms with Crippen molar-refractivity contribution in [3.8, 4) is 0 Å². The molecule has 2 aromatic rings. The van der Waals surface area contributed by atoms with Crippen molar-refractivity contribution in [3.63, 3.8) is 0 Å². The first kappa shape index (κ1) is 18.6. The van der Waals surface area contributed by atoms with E-state index in [-0.39, 0.29) is 30.6 Å². The second kappa shape index (κ2) is 8.94. The minimum Gasteiger partial charge on any atom is -0.469 e. The van der Waals surface area contributed by atoms with Crippen molar-refractivity contribution in [1.29, 1.82) is 0 Å². The van der Waals surface area contributed by atoms with Gasteiger partial charge in [0, 0.05) is 18.0 Å². The van der Waals surface area contributed by atoms with Crippen LogP contribution in [0.3, 0.4) is 0 Å². The van der Waals surface area contributed by atoms with Crippen LogP contribution in [0, 0.1) is 11.8 Å². The molecule has 3 rings (SSSR count). The summed E-state index contributed by atoms with van der Waals surface area (Å²) in [7, 11) is 1.40. The Kier molecular flexibility index (Phi) is 6.39. The van der Waals surface area contributed by atoms with E-state index in [1.165, 1.54) is 7.11 Å². The summed E-state index contributed by atoms with van der Waals surface area (Å²) in [6.45, 7) is 0.784. The van der Waals surface area contributed by atoms with Gasteiger partial charge in [-0.3, -0.25) is 4.79 Å². The van der Waals surface area contributed by atoms with Crippen LogP contribution in [0.5, 0.6) is 0 Å². The quantitative estimate of drug-likeness (QED) is 0.746. The van der Waals surface area contributed by atoms with Crippen LogP contribution in [0.1, 0.15) is 17.2 Å². The van der Waals surface area contributed by atoms with Crippen LogP contribution in [-0.4, -0.2) is 37.4 Å². The molecule has 138 valence electrons. The summed E-state index contributed by atoms with van der Waals surface area (Å²) in [4.78, 5) is 12.5. The molecule has 2 aromatic carbocycles. The smallest absolute Gasteiger partial charge is 0.311 e. The molecule has 0 aliphatic carbocycles. The predicted octanol–water partition coefficient (Wildman–Crippen LogP) is 2.31. The summed E-state index contributed by atoms with van der Waals surface area (Å²) in [6.07, 6.45) is 0. The molecule has 1 saturated heterocycles. The van der Waals surface area contributed by atoms with Gasteiger partial charge in [-0.15, -0.1) is 0 Å². The molecule has 1 heterocycles. The maximum absolute atomic E-state index is 12.5. The van der Waals surface area contributed by atoms with Gasteiger partial charge in [-0.05, 0) is 11.1 Å². The second-order valence-corrected chi connectivity index (χ2v) is 6.56. The molecule has 0 amide bonds. The predicted molar refractivity (Wildman–Crippen MR) is 98.3 cm³/mol. The molecule has 2 N–H and O–H groups in total. The van der Waals surface area contributed by atoms with Crippen molar-refractivity contribution in [2.24, 2.45) is 11.8 Å². The lowest BCUT2D eigenvalue weighted by molar-refractivity contribution is -0.148. The van der Waals surface area contributed by atoms with E-state index in [1.807, 2.05) is 60.7 Å². The van der Waals surface area contributed by atoms with Gasteiger partial charge in [0.1, 0.15) is 0 Å². The van der Waals surface area contributed by atoms with Gasteiger partial charge in [-0.1, -0.05) is 60.7 Å². The zero-order chi connectivity index (χ0) is 18.4. The summed E-state index contributed by atoms with van der Waals surface area (Å²) in [5.74, 6) is -0.854. The topological polar surface area (TPSA) is 67.8 Å². The zero-order valence-electron chi connectivity index (χ0n) is 14.9. The monoisotopic (exact) mass is 355 g/mol. The highest BCUT2D eigenvalue weighted by molar-refractivity contribution is 5.74. The third-order valence-electron chi connectivity index (χ3n) is 4.98. The SMILES string of the molecule is COC(=O)[C@@H]1[C@H](COCc2ccccc2)[C@@H](CO)N[C@H]1c1ccccc1. The van der Waals surface area contributed by atoms with Crippen molar-refractivity contribution in [1.82, 2.24) is 5.32 Å². The number of carbonyl (C=O) groups excluding carboxylic acids is 1. The van der Waals surface area contributed by atoms with Crippen molar-refractivity contribution < 1.29 is 19.4 Å². The maximum atomic E-state index is 12.5. The number of benzene rings is 2. The molecule has 1 aliphatic heterocycles. The number of methoxy groups -OCH3 is 1.